The highest BCUT2D eigenvalue weighted by Gasteiger charge is 2.60. The smallest absolute Gasteiger partial charge is 0.137 e. The van der Waals surface area contributed by atoms with Crippen molar-refractivity contribution in [3.63, 3.8) is 0 Å². The van der Waals surface area contributed by atoms with Crippen LogP contribution >= 0.6 is 0 Å². The van der Waals surface area contributed by atoms with Crippen LogP contribution in [0.25, 0.3) is 0 Å². The molecule has 2 saturated carbocycles. The molecule has 22 heavy (non-hydrogen) atoms. The lowest BCUT2D eigenvalue weighted by molar-refractivity contribution is -0.120. The SMILES string of the molecule is CC1CC(=O)CC2=C1C1CCC3(C)C(CCC3(C)O)C1CC2. The normalized spacial score (nSPS) is 51.4. The number of Topliss-reactive ketones (excluding diaryl/α,β-unsaturated/α-hetero) is 1. The van der Waals surface area contributed by atoms with Crippen molar-refractivity contribution in [1.82, 2.24) is 0 Å². The Balaban J connectivity index is 1.69. The van der Waals surface area contributed by atoms with E-state index in [1.807, 2.05) is 0 Å². The first kappa shape index (κ1) is 14.9. The van der Waals surface area contributed by atoms with E-state index in [2.05, 4.69) is 20.8 Å². The van der Waals surface area contributed by atoms with Crippen molar-refractivity contribution in [2.24, 2.45) is 29.1 Å². The molecule has 122 valence electrons. The van der Waals surface area contributed by atoms with Gasteiger partial charge in [0.15, 0.2) is 0 Å². The topological polar surface area (TPSA) is 37.3 Å². The maximum absolute atomic E-state index is 11.9. The highest BCUT2D eigenvalue weighted by atomic mass is 16.3. The molecule has 0 radical (unpaired) electrons. The van der Waals surface area contributed by atoms with Crippen molar-refractivity contribution in [1.29, 1.82) is 0 Å². The lowest BCUT2D eigenvalue weighted by Gasteiger charge is -2.54. The zero-order valence-electron chi connectivity index (χ0n) is 14.3. The van der Waals surface area contributed by atoms with E-state index < -0.39 is 5.60 Å². The van der Waals surface area contributed by atoms with Gasteiger partial charge in [0.2, 0.25) is 0 Å². The standard InChI is InChI=1S/C20H30O2/c1-12-10-14(21)11-13-4-5-15-16(18(12)13)6-8-19(2)17(15)7-9-20(19,3)22/h12,15-17,22H,4-11H2,1-3H3. The number of carbonyl (C=O) groups excluding carboxylic acids is 1. The fourth-order valence-electron chi connectivity index (χ4n) is 6.73. The van der Waals surface area contributed by atoms with Crippen molar-refractivity contribution in [2.45, 2.75) is 77.7 Å². The van der Waals surface area contributed by atoms with Crippen LogP contribution in [-0.4, -0.2) is 16.5 Å². The fraction of sp³-hybridized carbons (Fsp3) is 0.850. The molecule has 0 saturated heterocycles. The van der Waals surface area contributed by atoms with Crippen molar-refractivity contribution in [2.75, 3.05) is 0 Å². The van der Waals surface area contributed by atoms with E-state index in [4.69, 9.17) is 0 Å². The number of ketones is 1. The molecule has 0 aromatic heterocycles. The summed E-state index contributed by atoms with van der Waals surface area (Å²) >= 11 is 0. The van der Waals surface area contributed by atoms with Gasteiger partial charge in [-0.15, -0.1) is 0 Å². The number of fused-ring (bicyclic) bond motifs is 4. The van der Waals surface area contributed by atoms with E-state index in [0.29, 0.717) is 23.5 Å². The predicted molar refractivity (Wildman–Crippen MR) is 87.3 cm³/mol. The minimum atomic E-state index is -0.481. The van der Waals surface area contributed by atoms with Crippen molar-refractivity contribution in [3.8, 4) is 0 Å². The third kappa shape index (κ3) is 1.85. The average molecular weight is 302 g/mol. The second-order valence-corrected chi connectivity index (χ2v) is 9.06. The molecule has 1 N–H and O–H groups in total. The molecule has 0 aliphatic heterocycles. The molecule has 0 spiro atoms. The predicted octanol–water partition coefficient (Wildman–Crippen LogP) is 4.27. The van der Waals surface area contributed by atoms with Gasteiger partial charge in [-0.3, -0.25) is 4.79 Å². The highest BCUT2D eigenvalue weighted by Crippen LogP contribution is 2.64. The number of carbonyl (C=O) groups is 1. The van der Waals surface area contributed by atoms with Gasteiger partial charge in [0, 0.05) is 12.8 Å². The summed E-state index contributed by atoms with van der Waals surface area (Å²) in [5, 5.41) is 10.9. The molecule has 4 aliphatic carbocycles. The van der Waals surface area contributed by atoms with E-state index in [9.17, 15) is 9.90 Å². The van der Waals surface area contributed by atoms with Gasteiger partial charge in [-0.25, -0.2) is 0 Å². The Labute approximate surface area is 134 Å². The lowest BCUT2D eigenvalue weighted by Crippen LogP contribution is -2.50. The fourth-order valence-corrected chi connectivity index (χ4v) is 6.73. The number of allylic oxidation sites excluding steroid dienone is 2. The summed E-state index contributed by atoms with van der Waals surface area (Å²) in [6.45, 7) is 6.69. The first-order chi connectivity index (χ1) is 10.3. The van der Waals surface area contributed by atoms with Crippen molar-refractivity contribution < 1.29 is 9.90 Å². The third-order valence-electron chi connectivity index (χ3n) is 8.06. The summed E-state index contributed by atoms with van der Waals surface area (Å²) in [4.78, 5) is 11.9. The molecular formula is C20H30O2. The molecule has 2 heteroatoms. The largest absolute Gasteiger partial charge is 0.390 e. The molecule has 4 rings (SSSR count). The Hall–Kier alpha value is -0.630. The molecule has 0 heterocycles. The second kappa shape index (κ2) is 4.69. The van der Waals surface area contributed by atoms with E-state index in [1.54, 1.807) is 5.57 Å². The lowest BCUT2D eigenvalue weighted by atomic mass is 9.51. The molecule has 6 atom stereocenters. The molecule has 6 unspecified atom stereocenters. The monoisotopic (exact) mass is 302 g/mol. The van der Waals surface area contributed by atoms with Gasteiger partial charge in [0.1, 0.15) is 5.78 Å². The molecule has 4 aliphatic rings. The maximum atomic E-state index is 11.9. The molecule has 2 nitrogen and oxygen atoms in total. The van der Waals surface area contributed by atoms with Crippen molar-refractivity contribution >= 4 is 5.78 Å². The summed E-state index contributed by atoms with van der Waals surface area (Å²) in [6.07, 6.45) is 8.44. The molecule has 0 aromatic carbocycles. The Kier molecular flexibility index (Phi) is 3.18. The van der Waals surface area contributed by atoms with Gasteiger partial charge in [0.25, 0.3) is 0 Å². The maximum Gasteiger partial charge on any atom is 0.137 e. The average Bonchev–Trinajstić information content (AvgIpc) is 2.68. The summed E-state index contributed by atoms with van der Waals surface area (Å²) in [7, 11) is 0. The first-order valence-corrected chi connectivity index (χ1v) is 9.29. The van der Waals surface area contributed by atoms with Crippen LogP contribution in [0.1, 0.15) is 72.1 Å². The highest BCUT2D eigenvalue weighted by molar-refractivity contribution is 5.83. The summed E-state index contributed by atoms with van der Waals surface area (Å²) in [6, 6.07) is 0. The number of aliphatic hydroxyl groups is 1. The van der Waals surface area contributed by atoms with Crippen LogP contribution in [0.15, 0.2) is 11.1 Å². The zero-order valence-corrected chi connectivity index (χ0v) is 14.3. The van der Waals surface area contributed by atoms with Crippen LogP contribution in [0.2, 0.25) is 0 Å². The van der Waals surface area contributed by atoms with Gasteiger partial charge >= 0.3 is 0 Å². The quantitative estimate of drug-likeness (QED) is 0.679. The Morgan fingerprint density at radius 1 is 1.14 bits per heavy atom. The number of hydrogen-bond acceptors (Lipinski definition) is 2. The van der Waals surface area contributed by atoms with E-state index in [-0.39, 0.29) is 5.41 Å². The van der Waals surface area contributed by atoms with Gasteiger partial charge < -0.3 is 5.11 Å². The summed E-state index contributed by atoms with van der Waals surface area (Å²) in [5.74, 6) is 3.06. The van der Waals surface area contributed by atoms with Crippen LogP contribution in [0.5, 0.6) is 0 Å². The van der Waals surface area contributed by atoms with Gasteiger partial charge in [-0.05, 0) is 74.5 Å². The Bertz CT molecular complexity index is 544. The van der Waals surface area contributed by atoms with E-state index >= 15 is 0 Å². The second-order valence-electron chi connectivity index (χ2n) is 9.06. The summed E-state index contributed by atoms with van der Waals surface area (Å²) in [5.41, 5.74) is 2.80. The van der Waals surface area contributed by atoms with Crippen LogP contribution in [-0.2, 0) is 4.79 Å². The number of hydrogen-bond donors (Lipinski definition) is 1. The van der Waals surface area contributed by atoms with Crippen LogP contribution in [0, 0.1) is 29.1 Å². The Morgan fingerprint density at radius 2 is 1.91 bits per heavy atom. The molecule has 0 amide bonds. The molecule has 2 fully saturated rings. The molecular weight excluding hydrogens is 272 g/mol. The van der Waals surface area contributed by atoms with E-state index in [1.165, 1.54) is 24.8 Å². The minimum absolute atomic E-state index is 0.111. The van der Waals surface area contributed by atoms with Crippen LogP contribution < -0.4 is 0 Å². The summed E-state index contributed by atoms with van der Waals surface area (Å²) < 4.78 is 0. The van der Waals surface area contributed by atoms with Crippen LogP contribution in [0.3, 0.4) is 0 Å². The third-order valence-corrected chi connectivity index (χ3v) is 8.06. The molecule has 0 aromatic rings. The van der Waals surface area contributed by atoms with Gasteiger partial charge in [-0.1, -0.05) is 25.0 Å². The van der Waals surface area contributed by atoms with Crippen molar-refractivity contribution in [3.05, 3.63) is 11.1 Å². The Morgan fingerprint density at radius 3 is 2.68 bits per heavy atom. The number of rotatable bonds is 0. The zero-order chi connectivity index (χ0) is 15.7. The minimum Gasteiger partial charge on any atom is -0.390 e. The van der Waals surface area contributed by atoms with Crippen LogP contribution in [0.4, 0.5) is 0 Å². The molecule has 0 bridgehead atoms. The van der Waals surface area contributed by atoms with Gasteiger partial charge in [0.05, 0.1) is 5.60 Å². The van der Waals surface area contributed by atoms with E-state index in [0.717, 1.165) is 38.0 Å². The first-order valence-electron chi connectivity index (χ1n) is 9.29. The van der Waals surface area contributed by atoms with Gasteiger partial charge in [-0.2, -0.15) is 0 Å².